The Kier molecular flexibility index (Phi) is 5.35. The lowest BCUT2D eigenvalue weighted by Gasteiger charge is -2.34. The van der Waals surface area contributed by atoms with E-state index in [4.69, 9.17) is 9.47 Å². The van der Waals surface area contributed by atoms with E-state index < -0.39 is 6.10 Å². The molecule has 0 spiro atoms. The fourth-order valence-corrected chi connectivity index (χ4v) is 3.76. The predicted octanol–water partition coefficient (Wildman–Crippen LogP) is 0.757. The molecule has 3 heterocycles. The number of hydrogen-bond donors (Lipinski definition) is 1. The molecule has 1 atom stereocenters. The Morgan fingerprint density at radius 3 is 2.67 bits per heavy atom. The van der Waals surface area contributed by atoms with Crippen molar-refractivity contribution < 1.29 is 14.3 Å². The Hall–Kier alpha value is -2.45. The van der Waals surface area contributed by atoms with Crippen LogP contribution in [0.4, 0.5) is 0 Å². The number of carbonyl (C=O) groups is 1. The number of carbonyl (C=O) groups excluding carboxylic acids is 1. The minimum absolute atomic E-state index is 0.0223. The molecular weight excluding hydrogens is 348 g/mol. The highest BCUT2D eigenvalue weighted by atomic mass is 16.6. The maximum atomic E-state index is 12.5. The number of aromatic nitrogens is 3. The number of rotatable bonds is 4. The normalized spacial score (nSPS) is 21.3. The van der Waals surface area contributed by atoms with Gasteiger partial charge in [0.05, 0.1) is 25.5 Å². The van der Waals surface area contributed by atoms with E-state index in [-0.39, 0.29) is 11.6 Å². The van der Waals surface area contributed by atoms with Crippen molar-refractivity contribution in [2.45, 2.75) is 25.4 Å². The number of benzene rings is 1. The van der Waals surface area contributed by atoms with Gasteiger partial charge in [0.15, 0.2) is 6.10 Å². The van der Waals surface area contributed by atoms with Crippen molar-refractivity contribution in [1.82, 2.24) is 19.7 Å². The number of H-pyrrole nitrogens is 1. The van der Waals surface area contributed by atoms with Gasteiger partial charge in [0, 0.05) is 19.5 Å². The zero-order valence-corrected chi connectivity index (χ0v) is 15.2. The zero-order chi connectivity index (χ0) is 18.6. The van der Waals surface area contributed by atoms with Crippen LogP contribution in [0.3, 0.4) is 0 Å². The van der Waals surface area contributed by atoms with Gasteiger partial charge in [-0.25, -0.2) is 14.5 Å². The molecule has 1 unspecified atom stereocenters. The topological polar surface area (TPSA) is 89.5 Å². The van der Waals surface area contributed by atoms with Gasteiger partial charge < -0.3 is 14.4 Å². The van der Waals surface area contributed by atoms with Gasteiger partial charge in [-0.15, -0.1) is 0 Å². The summed E-state index contributed by atoms with van der Waals surface area (Å²) in [6.07, 6.45) is 2.01. The first-order valence-corrected chi connectivity index (χ1v) is 9.42. The summed E-state index contributed by atoms with van der Waals surface area (Å²) < 4.78 is 12.5. The molecule has 0 aliphatic carbocycles. The van der Waals surface area contributed by atoms with E-state index >= 15 is 0 Å². The van der Waals surface area contributed by atoms with Gasteiger partial charge >= 0.3 is 5.69 Å². The largest absolute Gasteiger partial charge is 0.376 e. The second kappa shape index (κ2) is 8.06. The van der Waals surface area contributed by atoms with Crippen molar-refractivity contribution in [2.75, 3.05) is 32.9 Å². The smallest absolute Gasteiger partial charge is 0.347 e. The third-order valence-electron chi connectivity index (χ3n) is 5.25. The number of aromatic amines is 1. The van der Waals surface area contributed by atoms with Crippen molar-refractivity contribution in [3.05, 3.63) is 46.6 Å². The van der Waals surface area contributed by atoms with Crippen LogP contribution in [0.5, 0.6) is 0 Å². The molecule has 1 aromatic heterocycles. The predicted molar refractivity (Wildman–Crippen MR) is 97.8 cm³/mol. The number of ether oxygens (including phenoxy) is 2. The van der Waals surface area contributed by atoms with Crippen LogP contribution in [0.1, 0.15) is 18.7 Å². The van der Waals surface area contributed by atoms with Gasteiger partial charge in [0.2, 0.25) is 0 Å². The molecule has 0 radical (unpaired) electrons. The summed E-state index contributed by atoms with van der Waals surface area (Å²) in [6.45, 7) is 2.77. The number of amides is 1. The standard InChI is InChI=1S/C19H24N4O4/c24-18(16-13-26-10-11-27-16)22-8-6-14(7-9-22)12-17-20-21-19(25)23(17)15-4-2-1-3-5-15/h1-5,14,16H,6-13H2,(H,21,25). The first kappa shape index (κ1) is 17.9. The summed E-state index contributed by atoms with van der Waals surface area (Å²) in [5.74, 6) is 1.14. The number of para-hydroxylation sites is 1. The monoisotopic (exact) mass is 372 g/mol. The molecule has 8 heteroatoms. The van der Waals surface area contributed by atoms with Gasteiger partial charge in [-0.05, 0) is 30.9 Å². The summed E-state index contributed by atoms with van der Waals surface area (Å²) in [6, 6.07) is 9.52. The van der Waals surface area contributed by atoms with Crippen molar-refractivity contribution in [1.29, 1.82) is 0 Å². The Bertz CT molecular complexity index is 818. The third-order valence-corrected chi connectivity index (χ3v) is 5.25. The molecule has 1 amide bonds. The molecule has 0 saturated carbocycles. The van der Waals surface area contributed by atoms with Crippen molar-refractivity contribution in [2.24, 2.45) is 5.92 Å². The second-order valence-corrected chi connectivity index (χ2v) is 7.02. The van der Waals surface area contributed by atoms with E-state index in [0.29, 0.717) is 45.2 Å². The molecule has 0 bridgehead atoms. The maximum absolute atomic E-state index is 12.5. The lowest BCUT2D eigenvalue weighted by Crippen LogP contribution is -2.48. The molecular formula is C19H24N4O4. The van der Waals surface area contributed by atoms with Crippen LogP contribution in [-0.4, -0.2) is 64.6 Å². The summed E-state index contributed by atoms with van der Waals surface area (Å²) >= 11 is 0. The Morgan fingerprint density at radius 2 is 1.96 bits per heavy atom. The molecule has 144 valence electrons. The number of hydrogen-bond acceptors (Lipinski definition) is 5. The quantitative estimate of drug-likeness (QED) is 0.856. The highest BCUT2D eigenvalue weighted by molar-refractivity contribution is 5.81. The Balaban J connectivity index is 1.37. The minimum Gasteiger partial charge on any atom is -0.376 e. The third kappa shape index (κ3) is 3.96. The van der Waals surface area contributed by atoms with Gasteiger partial charge in [0.1, 0.15) is 5.82 Å². The molecule has 2 fully saturated rings. The average Bonchev–Trinajstić information content (AvgIpc) is 3.09. The van der Waals surface area contributed by atoms with Crippen LogP contribution < -0.4 is 5.69 Å². The molecule has 27 heavy (non-hydrogen) atoms. The molecule has 1 N–H and O–H groups in total. The molecule has 8 nitrogen and oxygen atoms in total. The van der Waals surface area contributed by atoms with Crippen molar-refractivity contribution in [3.8, 4) is 5.69 Å². The van der Waals surface area contributed by atoms with Crippen LogP contribution in [-0.2, 0) is 20.7 Å². The molecule has 2 aliphatic heterocycles. The van der Waals surface area contributed by atoms with E-state index in [1.165, 1.54) is 0 Å². The lowest BCUT2D eigenvalue weighted by molar-refractivity contribution is -0.159. The van der Waals surface area contributed by atoms with Gasteiger partial charge in [-0.2, -0.15) is 5.10 Å². The van der Waals surface area contributed by atoms with Crippen LogP contribution in [0.25, 0.3) is 5.69 Å². The van der Waals surface area contributed by atoms with Crippen LogP contribution >= 0.6 is 0 Å². The fraction of sp³-hybridized carbons (Fsp3) is 0.526. The Morgan fingerprint density at radius 1 is 1.19 bits per heavy atom. The summed E-state index contributed by atoms with van der Waals surface area (Å²) in [4.78, 5) is 26.5. The molecule has 2 saturated heterocycles. The molecule has 4 rings (SSSR count). The summed E-state index contributed by atoms with van der Waals surface area (Å²) in [7, 11) is 0. The summed E-state index contributed by atoms with van der Waals surface area (Å²) in [5.41, 5.74) is 0.589. The number of nitrogens with one attached hydrogen (secondary N) is 1. The van der Waals surface area contributed by atoms with E-state index in [1.807, 2.05) is 35.2 Å². The van der Waals surface area contributed by atoms with Gasteiger partial charge in [-0.3, -0.25) is 4.79 Å². The number of likely N-dealkylation sites (tertiary alicyclic amines) is 1. The second-order valence-electron chi connectivity index (χ2n) is 7.02. The maximum Gasteiger partial charge on any atom is 0.347 e. The van der Waals surface area contributed by atoms with Crippen LogP contribution in [0.15, 0.2) is 35.1 Å². The highest BCUT2D eigenvalue weighted by Gasteiger charge is 2.31. The number of nitrogens with zero attached hydrogens (tertiary/aromatic N) is 3. The van der Waals surface area contributed by atoms with E-state index in [1.54, 1.807) is 4.57 Å². The van der Waals surface area contributed by atoms with Gasteiger partial charge in [0.25, 0.3) is 5.91 Å². The average molecular weight is 372 g/mol. The Labute approximate surface area is 157 Å². The van der Waals surface area contributed by atoms with E-state index in [2.05, 4.69) is 10.2 Å². The lowest BCUT2D eigenvalue weighted by atomic mass is 9.93. The minimum atomic E-state index is -0.468. The molecule has 1 aromatic carbocycles. The highest BCUT2D eigenvalue weighted by Crippen LogP contribution is 2.22. The zero-order valence-electron chi connectivity index (χ0n) is 15.2. The van der Waals surface area contributed by atoms with E-state index in [0.717, 1.165) is 24.4 Å². The molecule has 2 aliphatic rings. The van der Waals surface area contributed by atoms with Crippen LogP contribution in [0.2, 0.25) is 0 Å². The summed E-state index contributed by atoms with van der Waals surface area (Å²) in [5, 5.41) is 6.78. The first-order valence-electron chi connectivity index (χ1n) is 9.42. The van der Waals surface area contributed by atoms with Crippen molar-refractivity contribution >= 4 is 5.91 Å². The first-order chi connectivity index (χ1) is 13.2. The number of piperidine rings is 1. The van der Waals surface area contributed by atoms with Crippen LogP contribution in [0, 0.1) is 5.92 Å². The van der Waals surface area contributed by atoms with Gasteiger partial charge in [-0.1, -0.05) is 18.2 Å². The molecule has 2 aromatic rings. The van der Waals surface area contributed by atoms with E-state index in [9.17, 15) is 9.59 Å². The van der Waals surface area contributed by atoms with Crippen molar-refractivity contribution in [3.63, 3.8) is 0 Å². The SMILES string of the molecule is O=C(C1COCCO1)N1CCC(Cc2n[nH]c(=O)n2-c2ccccc2)CC1. The fourth-order valence-electron chi connectivity index (χ4n) is 3.76.